The van der Waals surface area contributed by atoms with Gasteiger partial charge >= 0.3 is 0 Å². The molecule has 0 spiro atoms. The fourth-order valence-corrected chi connectivity index (χ4v) is 1.80. The number of rotatable bonds is 4. The van der Waals surface area contributed by atoms with Crippen molar-refractivity contribution in [3.8, 4) is 5.75 Å². The largest absolute Gasteiger partial charge is 0.489 e. The first kappa shape index (κ1) is 14.2. The molecule has 4 nitrogen and oxygen atoms in total. The number of aromatic nitrogens is 2. The molecule has 0 aliphatic heterocycles. The van der Waals surface area contributed by atoms with Gasteiger partial charge in [0, 0.05) is 28.5 Å². The van der Waals surface area contributed by atoms with Gasteiger partial charge < -0.3 is 9.64 Å². The SMILES string of the molecule is CN(C)C(C)(C)COc1ccnc2cc(Br)cnc12. The monoisotopic (exact) mass is 323 g/mol. The molecular formula is C14H18BrN3O. The van der Waals surface area contributed by atoms with E-state index in [0.29, 0.717) is 6.61 Å². The average Bonchev–Trinajstić information content (AvgIpc) is 2.35. The van der Waals surface area contributed by atoms with Crippen LogP contribution < -0.4 is 4.74 Å². The normalized spacial score (nSPS) is 12.1. The van der Waals surface area contributed by atoms with Crippen LogP contribution in [0.4, 0.5) is 0 Å². The van der Waals surface area contributed by atoms with Crippen molar-refractivity contribution in [1.29, 1.82) is 0 Å². The highest BCUT2D eigenvalue weighted by Crippen LogP contribution is 2.25. The molecule has 0 saturated carbocycles. The minimum Gasteiger partial charge on any atom is -0.489 e. The number of hydrogen-bond acceptors (Lipinski definition) is 4. The van der Waals surface area contributed by atoms with Crippen molar-refractivity contribution in [3.05, 3.63) is 29.0 Å². The summed E-state index contributed by atoms with van der Waals surface area (Å²) in [4.78, 5) is 10.8. The van der Waals surface area contributed by atoms with Crippen LogP contribution in [-0.4, -0.2) is 41.1 Å². The topological polar surface area (TPSA) is 38.2 Å². The van der Waals surface area contributed by atoms with Crippen molar-refractivity contribution in [2.24, 2.45) is 0 Å². The van der Waals surface area contributed by atoms with Gasteiger partial charge in [0.1, 0.15) is 17.9 Å². The van der Waals surface area contributed by atoms with Gasteiger partial charge in [-0.3, -0.25) is 4.98 Å². The van der Waals surface area contributed by atoms with E-state index in [1.807, 2.05) is 26.2 Å². The highest BCUT2D eigenvalue weighted by molar-refractivity contribution is 9.10. The van der Waals surface area contributed by atoms with E-state index in [-0.39, 0.29) is 5.54 Å². The van der Waals surface area contributed by atoms with Crippen LogP contribution in [0, 0.1) is 0 Å². The average molecular weight is 324 g/mol. The lowest BCUT2D eigenvalue weighted by Crippen LogP contribution is -2.43. The molecule has 0 saturated heterocycles. The van der Waals surface area contributed by atoms with Crippen molar-refractivity contribution in [3.63, 3.8) is 0 Å². The molecule has 0 atom stereocenters. The number of likely N-dealkylation sites (N-methyl/N-ethyl adjacent to an activating group) is 1. The number of fused-ring (bicyclic) bond motifs is 1. The second-order valence-corrected chi connectivity index (χ2v) is 6.24. The fraction of sp³-hybridized carbons (Fsp3) is 0.429. The summed E-state index contributed by atoms with van der Waals surface area (Å²) in [6, 6.07) is 3.79. The number of nitrogens with zero attached hydrogens (tertiary/aromatic N) is 3. The Morgan fingerprint density at radius 3 is 2.74 bits per heavy atom. The zero-order chi connectivity index (χ0) is 14.0. The summed E-state index contributed by atoms with van der Waals surface area (Å²) < 4.78 is 6.84. The minimum atomic E-state index is -0.0367. The molecule has 0 radical (unpaired) electrons. The lowest BCUT2D eigenvalue weighted by Gasteiger charge is -2.32. The zero-order valence-electron chi connectivity index (χ0n) is 11.6. The molecule has 0 aliphatic rings. The van der Waals surface area contributed by atoms with Crippen LogP contribution in [0.2, 0.25) is 0 Å². The Kier molecular flexibility index (Phi) is 4.06. The second-order valence-electron chi connectivity index (χ2n) is 5.33. The molecule has 0 aromatic carbocycles. The molecule has 0 unspecified atom stereocenters. The number of pyridine rings is 2. The lowest BCUT2D eigenvalue weighted by molar-refractivity contribution is 0.115. The van der Waals surface area contributed by atoms with E-state index in [0.717, 1.165) is 21.3 Å². The van der Waals surface area contributed by atoms with E-state index in [2.05, 4.69) is 44.6 Å². The van der Waals surface area contributed by atoms with Crippen LogP contribution >= 0.6 is 15.9 Å². The van der Waals surface area contributed by atoms with Gasteiger partial charge in [-0.05, 0) is 49.9 Å². The summed E-state index contributed by atoms with van der Waals surface area (Å²) in [6.45, 7) is 4.87. The summed E-state index contributed by atoms with van der Waals surface area (Å²) in [6.07, 6.45) is 3.50. The molecule has 0 fully saturated rings. The Labute approximate surface area is 121 Å². The van der Waals surface area contributed by atoms with E-state index in [1.165, 1.54) is 0 Å². The number of ether oxygens (including phenoxy) is 1. The first-order chi connectivity index (χ1) is 8.90. The highest BCUT2D eigenvalue weighted by Gasteiger charge is 2.21. The van der Waals surface area contributed by atoms with E-state index in [9.17, 15) is 0 Å². The van der Waals surface area contributed by atoms with Crippen LogP contribution in [0.1, 0.15) is 13.8 Å². The maximum absolute atomic E-state index is 5.93. The van der Waals surface area contributed by atoms with E-state index in [1.54, 1.807) is 12.4 Å². The van der Waals surface area contributed by atoms with Gasteiger partial charge in [-0.2, -0.15) is 0 Å². The summed E-state index contributed by atoms with van der Waals surface area (Å²) in [5, 5.41) is 0. The van der Waals surface area contributed by atoms with Gasteiger partial charge in [0.25, 0.3) is 0 Å². The van der Waals surface area contributed by atoms with Crippen molar-refractivity contribution in [1.82, 2.24) is 14.9 Å². The Balaban J connectivity index is 2.26. The Morgan fingerprint density at radius 1 is 1.32 bits per heavy atom. The third-order valence-electron chi connectivity index (χ3n) is 3.30. The standard InChI is InChI=1S/C14H18BrN3O/c1-14(2,18(3)4)9-19-12-5-6-16-11-7-10(15)8-17-13(11)12/h5-8H,9H2,1-4H3. The first-order valence-electron chi connectivity index (χ1n) is 6.11. The van der Waals surface area contributed by atoms with Gasteiger partial charge in [0.2, 0.25) is 0 Å². The first-order valence-corrected chi connectivity index (χ1v) is 6.90. The minimum absolute atomic E-state index is 0.0367. The molecule has 2 heterocycles. The molecule has 0 amide bonds. The van der Waals surface area contributed by atoms with Crippen LogP contribution in [0.3, 0.4) is 0 Å². The highest BCUT2D eigenvalue weighted by atomic mass is 79.9. The number of hydrogen-bond donors (Lipinski definition) is 0. The van der Waals surface area contributed by atoms with Gasteiger partial charge in [0.15, 0.2) is 0 Å². The molecular weight excluding hydrogens is 306 g/mol. The lowest BCUT2D eigenvalue weighted by atomic mass is 10.1. The molecule has 2 aromatic heterocycles. The predicted octanol–water partition coefficient (Wildman–Crippen LogP) is 3.11. The smallest absolute Gasteiger partial charge is 0.148 e. The molecule has 0 N–H and O–H groups in total. The van der Waals surface area contributed by atoms with Gasteiger partial charge in [-0.25, -0.2) is 4.98 Å². The van der Waals surface area contributed by atoms with Crippen molar-refractivity contribution < 1.29 is 4.74 Å². The summed E-state index contributed by atoms with van der Waals surface area (Å²) in [5.74, 6) is 0.771. The van der Waals surface area contributed by atoms with E-state index in [4.69, 9.17) is 4.74 Å². The van der Waals surface area contributed by atoms with Crippen LogP contribution in [0.25, 0.3) is 11.0 Å². The molecule has 102 valence electrons. The summed E-state index contributed by atoms with van der Waals surface area (Å²) in [7, 11) is 4.09. The second kappa shape index (κ2) is 5.43. The fourth-order valence-electron chi connectivity index (χ4n) is 1.48. The Morgan fingerprint density at radius 2 is 2.05 bits per heavy atom. The quantitative estimate of drug-likeness (QED) is 0.866. The van der Waals surface area contributed by atoms with Gasteiger partial charge in [-0.1, -0.05) is 0 Å². The number of halogens is 1. The van der Waals surface area contributed by atoms with Gasteiger partial charge in [0.05, 0.1) is 5.52 Å². The Hall–Kier alpha value is -1.20. The van der Waals surface area contributed by atoms with E-state index >= 15 is 0 Å². The van der Waals surface area contributed by atoms with E-state index < -0.39 is 0 Å². The summed E-state index contributed by atoms with van der Waals surface area (Å²) in [5.41, 5.74) is 1.58. The van der Waals surface area contributed by atoms with Crippen LogP contribution in [0.15, 0.2) is 29.0 Å². The molecule has 0 aliphatic carbocycles. The predicted molar refractivity (Wildman–Crippen MR) is 80.5 cm³/mol. The van der Waals surface area contributed by atoms with Crippen LogP contribution in [-0.2, 0) is 0 Å². The molecule has 0 bridgehead atoms. The molecule has 2 aromatic rings. The van der Waals surface area contributed by atoms with Crippen molar-refractivity contribution in [2.75, 3.05) is 20.7 Å². The molecule has 19 heavy (non-hydrogen) atoms. The molecule has 2 rings (SSSR count). The van der Waals surface area contributed by atoms with Crippen molar-refractivity contribution in [2.45, 2.75) is 19.4 Å². The maximum Gasteiger partial charge on any atom is 0.148 e. The summed E-state index contributed by atoms with van der Waals surface area (Å²) >= 11 is 3.40. The third kappa shape index (κ3) is 3.22. The third-order valence-corrected chi connectivity index (χ3v) is 3.73. The zero-order valence-corrected chi connectivity index (χ0v) is 13.2. The Bertz CT molecular complexity index is 584. The maximum atomic E-state index is 5.93. The van der Waals surface area contributed by atoms with Crippen LogP contribution in [0.5, 0.6) is 5.75 Å². The van der Waals surface area contributed by atoms with Gasteiger partial charge in [-0.15, -0.1) is 0 Å². The molecule has 5 heteroatoms. The van der Waals surface area contributed by atoms with Crippen molar-refractivity contribution >= 4 is 27.0 Å².